The van der Waals surface area contributed by atoms with Gasteiger partial charge in [0.15, 0.2) is 9.84 Å². The van der Waals surface area contributed by atoms with Crippen molar-refractivity contribution < 1.29 is 21.2 Å². The smallest absolute Gasteiger partial charge is 0.228 e. The Bertz CT molecular complexity index is 923. The molecule has 0 bridgehead atoms. The molecule has 0 spiro atoms. The molecule has 3 rings (SSSR count). The van der Waals surface area contributed by atoms with Crippen molar-refractivity contribution in [3.63, 3.8) is 0 Å². The van der Waals surface area contributed by atoms with Crippen LogP contribution < -0.4 is 0 Å². The highest BCUT2D eigenvalue weighted by molar-refractivity contribution is 7.92. The molecule has 0 aliphatic carbocycles. The van der Waals surface area contributed by atoms with E-state index in [0.717, 1.165) is 11.3 Å². The predicted molar refractivity (Wildman–Crippen MR) is 90.6 cm³/mol. The first-order valence-electron chi connectivity index (χ1n) is 7.32. The molecule has 2 aromatic rings. The molecule has 1 unspecified atom stereocenters. The first-order valence-corrected chi connectivity index (χ1v) is 11.4. The van der Waals surface area contributed by atoms with Crippen molar-refractivity contribution in [3.8, 4) is 0 Å². The van der Waals surface area contributed by atoms with Crippen LogP contribution in [0.3, 0.4) is 0 Å². The molecule has 0 amide bonds. The first kappa shape index (κ1) is 17.5. The minimum atomic E-state index is -3.71. The van der Waals surface area contributed by atoms with Crippen LogP contribution >= 0.6 is 11.3 Å². The lowest BCUT2D eigenvalue weighted by atomic mass is 10.1. The number of sulfonamides is 1. The maximum absolute atomic E-state index is 14.0. The molecule has 5 nitrogen and oxygen atoms in total. The van der Waals surface area contributed by atoms with Gasteiger partial charge in [0.05, 0.1) is 11.0 Å². The summed E-state index contributed by atoms with van der Waals surface area (Å²) in [7, 11) is -7.35. The van der Waals surface area contributed by atoms with Crippen LogP contribution in [-0.4, -0.2) is 40.0 Å². The molecule has 24 heavy (non-hydrogen) atoms. The molecule has 0 radical (unpaired) electrons. The second kappa shape index (κ2) is 6.55. The minimum Gasteiger partial charge on any atom is -0.228 e. The van der Waals surface area contributed by atoms with Crippen molar-refractivity contribution in [2.75, 3.05) is 18.8 Å². The Labute approximate surface area is 144 Å². The van der Waals surface area contributed by atoms with Gasteiger partial charge in [-0.1, -0.05) is 24.3 Å². The fraction of sp³-hybridized carbons (Fsp3) is 0.333. The van der Waals surface area contributed by atoms with Crippen LogP contribution in [0.15, 0.2) is 46.0 Å². The van der Waals surface area contributed by atoms with Crippen molar-refractivity contribution in [2.45, 2.75) is 15.9 Å². The van der Waals surface area contributed by atoms with Crippen molar-refractivity contribution >= 4 is 31.2 Å². The number of hydrogen-bond acceptors (Lipinski definition) is 5. The molecule has 0 N–H and O–H groups in total. The molecule has 1 aliphatic heterocycles. The molecule has 1 saturated heterocycles. The van der Waals surface area contributed by atoms with Crippen molar-refractivity contribution in [2.24, 2.45) is 0 Å². The summed E-state index contributed by atoms with van der Waals surface area (Å²) in [6.07, 6.45) is 0.0356. The highest BCUT2D eigenvalue weighted by Crippen LogP contribution is 2.33. The van der Waals surface area contributed by atoms with E-state index < -0.39 is 30.9 Å². The second-order valence-corrected chi connectivity index (χ2v) is 10.9. The largest absolute Gasteiger partial charge is 0.252 e. The molecule has 9 heteroatoms. The van der Waals surface area contributed by atoms with Gasteiger partial charge in [-0.05, 0) is 23.9 Å². The van der Waals surface area contributed by atoms with E-state index in [-0.39, 0.29) is 35.0 Å². The Morgan fingerprint density at radius 3 is 2.54 bits per heavy atom. The lowest BCUT2D eigenvalue weighted by Crippen LogP contribution is -2.33. The number of sulfone groups is 1. The van der Waals surface area contributed by atoms with Crippen LogP contribution in [0.2, 0.25) is 0 Å². The number of hydrogen-bond donors (Lipinski definition) is 0. The number of benzene rings is 1. The summed E-state index contributed by atoms with van der Waals surface area (Å²) < 4.78 is 65.6. The van der Waals surface area contributed by atoms with Gasteiger partial charge in [-0.3, -0.25) is 0 Å². The molecule has 2 heterocycles. The summed E-state index contributed by atoms with van der Waals surface area (Å²) in [4.78, 5) is 0. The van der Waals surface area contributed by atoms with Crippen LogP contribution in [0, 0.1) is 5.82 Å². The van der Waals surface area contributed by atoms with Gasteiger partial charge in [0.1, 0.15) is 10.0 Å². The summed E-state index contributed by atoms with van der Waals surface area (Å²) >= 11 is 1.09. The zero-order chi connectivity index (χ0) is 17.4. The van der Waals surface area contributed by atoms with E-state index >= 15 is 0 Å². The average molecular weight is 389 g/mol. The third-order valence-electron chi connectivity index (χ3n) is 4.04. The maximum Gasteiger partial charge on any atom is 0.252 e. The van der Waals surface area contributed by atoms with Gasteiger partial charge in [-0.25, -0.2) is 21.2 Å². The van der Waals surface area contributed by atoms with E-state index in [0.29, 0.717) is 0 Å². The van der Waals surface area contributed by atoms with Crippen LogP contribution in [0.4, 0.5) is 4.39 Å². The second-order valence-electron chi connectivity index (χ2n) is 5.50. The quantitative estimate of drug-likeness (QED) is 0.808. The van der Waals surface area contributed by atoms with Gasteiger partial charge in [0.2, 0.25) is 0 Å². The molecule has 130 valence electrons. The van der Waals surface area contributed by atoms with Crippen molar-refractivity contribution in [3.05, 3.63) is 53.2 Å². The Hall–Kier alpha value is -1.29. The van der Waals surface area contributed by atoms with Crippen LogP contribution in [0.5, 0.6) is 0 Å². The van der Waals surface area contributed by atoms with E-state index in [1.165, 1.54) is 28.6 Å². The van der Waals surface area contributed by atoms with Crippen LogP contribution in [-0.2, 0) is 19.9 Å². The minimum absolute atomic E-state index is 0.0356. The molecule has 1 fully saturated rings. The predicted octanol–water partition coefficient (Wildman–Crippen LogP) is 2.44. The van der Waals surface area contributed by atoms with Gasteiger partial charge in [0.25, 0.3) is 10.0 Å². The zero-order valence-electron chi connectivity index (χ0n) is 12.6. The normalized spacial score (nSPS) is 22.1. The topological polar surface area (TPSA) is 71.5 Å². The third-order valence-corrected chi connectivity index (χ3v) is 9.42. The van der Waals surface area contributed by atoms with E-state index in [1.54, 1.807) is 17.5 Å². The summed E-state index contributed by atoms with van der Waals surface area (Å²) in [5, 5.41) is 0.631. The lowest BCUT2D eigenvalue weighted by molar-refractivity contribution is 0.428. The number of nitrogens with zero attached hydrogens (tertiary/aromatic N) is 1. The monoisotopic (exact) mass is 389 g/mol. The Morgan fingerprint density at radius 2 is 1.88 bits per heavy atom. The zero-order valence-corrected chi connectivity index (χ0v) is 15.1. The Morgan fingerprint density at radius 1 is 1.12 bits per heavy atom. The first-order chi connectivity index (χ1) is 11.3. The molecule has 1 aromatic carbocycles. The molecular weight excluding hydrogens is 373 g/mol. The standard InChI is InChI=1S/C15H16FNO4S3/c16-13-5-2-1-4-12(13)14-7-8-17(9-11-23(14,18)19)24(20,21)15-6-3-10-22-15/h1-6,10,14H,7-9,11H2. The highest BCUT2D eigenvalue weighted by atomic mass is 32.2. The third kappa shape index (κ3) is 3.26. The van der Waals surface area contributed by atoms with Gasteiger partial charge in [-0.15, -0.1) is 11.3 Å². The Balaban J connectivity index is 1.92. The highest BCUT2D eigenvalue weighted by Gasteiger charge is 2.36. The van der Waals surface area contributed by atoms with Gasteiger partial charge >= 0.3 is 0 Å². The maximum atomic E-state index is 14.0. The molecule has 1 atom stereocenters. The van der Waals surface area contributed by atoms with Gasteiger partial charge < -0.3 is 0 Å². The molecular formula is C15H16FNO4S3. The average Bonchev–Trinajstić information content (AvgIpc) is 3.01. The summed E-state index contributed by atoms with van der Waals surface area (Å²) in [5.41, 5.74) is 0.105. The summed E-state index contributed by atoms with van der Waals surface area (Å²) in [6.45, 7) is -0.0774. The summed E-state index contributed by atoms with van der Waals surface area (Å²) in [5.74, 6) is -0.906. The molecule has 1 aliphatic rings. The fourth-order valence-electron chi connectivity index (χ4n) is 2.79. The van der Waals surface area contributed by atoms with E-state index in [4.69, 9.17) is 0 Å². The van der Waals surface area contributed by atoms with Gasteiger partial charge in [-0.2, -0.15) is 4.31 Å². The molecule has 1 aromatic heterocycles. The van der Waals surface area contributed by atoms with Crippen LogP contribution in [0.25, 0.3) is 0 Å². The van der Waals surface area contributed by atoms with Crippen molar-refractivity contribution in [1.29, 1.82) is 0 Å². The van der Waals surface area contributed by atoms with Gasteiger partial charge in [0, 0.05) is 18.7 Å². The lowest BCUT2D eigenvalue weighted by Gasteiger charge is -2.18. The van der Waals surface area contributed by atoms with Crippen molar-refractivity contribution in [1.82, 2.24) is 4.31 Å². The van der Waals surface area contributed by atoms with E-state index in [9.17, 15) is 21.2 Å². The van der Waals surface area contributed by atoms with E-state index in [1.807, 2.05) is 0 Å². The number of thiophene rings is 1. The Kier molecular flexibility index (Phi) is 4.78. The summed E-state index contributed by atoms with van der Waals surface area (Å²) in [6, 6.07) is 8.87. The number of halogens is 1. The van der Waals surface area contributed by atoms with Crippen LogP contribution in [0.1, 0.15) is 17.2 Å². The fourth-order valence-corrected chi connectivity index (χ4v) is 7.30. The molecule has 0 saturated carbocycles. The van der Waals surface area contributed by atoms with E-state index in [2.05, 4.69) is 0 Å². The SMILES string of the molecule is O=S1(=O)CCN(S(=O)(=O)c2cccs2)CCC1c1ccccc1F. The number of rotatable bonds is 3.